The van der Waals surface area contributed by atoms with E-state index in [4.69, 9.17) is 4.42 Å². The van der Waals surface area contributed by atoms with Crippen LogP contribution in [0.1, 0.15) is 52.5 Å². The van der Waals surface area contributed by atoms with Crippen LogP contribution in [0.5, 0.6) is 0 Å². The van der Waals surface area contributed by atoms with Gasteiger partial charge in [0.1, 0.15) is 5.58 Å². The van der Waals surface area contributed by atoms with Crippen LogP contribution in [0.3, 0.4) is 0 Å². The highest BCUT2D eigenvalue weighted by Crippen LogP contribution is 2.36. The first-order chi connectivity index (χ1) is 14.2. The highest BCUT2D eigenvalue weighted by molar-refractivity contribution is 7.12. The lowest BCUT2D eigenvalue weighted by Gasteiger charge is -2.31. The van der Waals surface area contributed by atoms with Gasteiger partial charge in [-0.15, -0.1) is 11.3 Å². The third-order valence-corrected chi connectivity index (χ3v) is 7.72. The number of thiophene rings is 1. The van der Waals surface area contributed by atoms with E-state index in [9.17, 15) is 4.79 Å². The zero-order valence-electron chi connectivity index (χ0n) is 17.0. The van der Waals surface area contributed by atoms with E-state index in [0.29, 0.717) is 12.3 Å². The van der Waals surface area contributed by atoms with Gasteiger partial charge in [0.25, 0.3) is 0 Å². The molecule has 4 nitrogen and oxygen atoms in total. The number of benzene rings is 1. The van der Waals surface area contributed by atoms with Crippen LogP contribution in [0, 0.1) is 6.92 Å². The molecule has 1 N–H and O–H groups in total. The summed E-state index contributed by atoms with van der Waals surface area (Å²) in [5.41, 5.74) is 4.72. The number of carbonyl (C=O) groups excluding carboxylic acids is 1. The number of hydrogen-bond acceptors (Lipinski definition) is 4. The minimum absolute atomic E-state index is 0.164. The number of nitrogens with zero attached hydrogens (tertiary/aromatic N) is 1. The molecule has 0 radical (unpaired) electrons. The topological polar surface area (TPSA) is 45.5 Å². The Morgan fingerprint density at radius 3 is 2.97 bits per heavy atom. The van der Waals surface area contributed by atoms with Crippen molar-refractivity contribution in [3.05, 3.63) is 51.4 Å². The van der Waals surface area contributed by atoms with Crippen LogP contribution in [0.15, 0.2) is 34.9 Å². The van der Waals surface area contributed by atoms with E-state index in [1.165, 1.54) is 39.1 Å². The number of carbonyl (C=O) groups is 1. The smallest absolute Gasteiger partial charge is 0.224 e. The van der Waals surface area contributed by atoms with Crippen molar-refractivity contribution in [1.82, 2.24) is 4.90 Å². The van der Waals surface area contributed by atoms with Gasteiger partial charge in [-0.25, -0.2) is 0 Å². The summed E-state index contributed by atoms with van der Waals surface area (Å²) in [4.78, 5) is 17.1. The molecule has 0 aliphatic carbocycles. The van der Waals surface area contributed by atoms with Gasteiger partial charge < -0.3 is 14.6 Å². The van der Waals surface area contributed by atoms with Crippen molar-refractivity contribution in [3.8, 4) is 0 Å². The lowest BCUT2D eigenvalue weighted by Crippen LogP contribution is -2.34. The van der Waals surface area contributed by atoms with Crippen molar-refractivity contribution in [3.63, 3.8) is 0 Å². The van der Waals surface area contributed by atoms with Crippen LogP contribution in [0.25, 0.3) is 11.0 Å². The molecule has 0 atom stereocenters. The van der Waals surface area contributed by atoms with Crippen molar-refractivity contribution >= 4 is 33.9 Å². The van der Waals surface area contributed by atoms with Crippen LogP contribution < -0.4 is 5.32 Å². The van der Waals surface area contributed by atoms with E-state index in [1.54, 1.807) is 0 Å². The molecule has 1 saturated heterocycles. The number of piperidine rings is 1. The molecule has 1 fully saturated rings. The Balaban J connectivity index is 1.18. The van der Waals surface area contributed by atoms with Gasteiger partial charge in [0.2, 0.25) is 5.91 Å². The fourth-order valence-electron chi connectivity index (χ4n) is 4.80. The van der Waals surface area contributed by atoms with E-state index in [2.05, 4.69) is 41.4 Å². The van der Waals surface area contributed by atoms with Crippen LogP contribution >= 0.6 is 11.3 Å². The number of fused-ring (bicyclic) bond motifs is 2. The summed E-state index contributed by atoms with van der Waals surface area (Å²) in [6.45, 7) is 5.51. The Morgan fingerprint density at radius 2 is 2.10 bits per heavy atom. The fraction of sp³-hybridized carbons (Fsp3) is 0.458. The van der Waals surface area contributed by atoms with Crippen molar-refractivity contribution in [2.45, 2.75) is 51.4 Å². The molecule has 1 amide bonds. The zero-order chi connectivity index (χ0) is 19.8. The molecule has 0 saturated carbocycles. The molecule has 2 aromatic heterocycles. The summed E-state index contributed by atoms with van der Waals surface area (Å²) in [5.74, 6) is 0.763. The van der Waals surface area contributed by atoms with Gasteiger partial charge in [0.05, 0.1) is 12.0 Å². The lowest BCUT2D eigenvalue weighted by molar-refractivity contribution is -0.116. The number of amides is 1. The van der Waals surface area contributed by atoms with Gasteiger partial charge in [-0.05, 0) is 69.7 Å². The van der Waals surface area contributed by atoms with Gasteiger partial charge in [0, 0.05) is 33.7 Å². The number of hydrogen-bond donors (Lipinski definition) is 1. The van der Waals surface area contributed by atoms with Crippen molar-refractivity contribution < 1.29 is 9.21 Å². The molecule has 2 aliphatic heterocycles. The van der Waals surface area contributed by atoms with Crippen LogP contribution in [0.2, 0.25) is 0 Å². The normalized spacial score (nSPS) is 18.6. The Bertz CT molecular complexity index is 1030. The summed E-state index contributed by atoms with van der Waals surface area (Å²) in [6, 6.07) is 8.66. The lowest BCUT2D eigenvalue weighted by atomic mass is 9.89. The molecule has 0 unspecified atom stereocenters. The number of likely N-dealkylation sites (tertiary alicyclic amines) is 1. The van der Waals surface area contributed by atoms with Crippen molar-refractivity contribution in [2.75, 3.05) is 25.0 Å². The van der Waals surface area contributed by atoms with E-state index >= 15 is 0 Å². The van der Waals surface area contributed by atoms with Gasteiger partial charge >= 0.3 is 0 Å². The van der Waals surface area contributed by atoms with E-state index in [0.717, 1.165) is 50.2 Å². The standard InChI is InChI=1S/C24H28N2O2S/c1-16-4-2-5-19-20(15-28-24(16)19)17-8-11-26(12-9-17)13-10-18-14-21-22(29-18)6-3-7-23(27)25-21/h2,4-5,14-15,17H,3,6-13H2,1H3,(H,25,27). The number of aryl methyl sites for hydroxylation is 2. The second-order valence-corrected chi connectivity index (χ2v) is 9.68. The summed E-state index contributed by atoms with van der Waals surface area (Å²) in [5, 5.41) is 4.37. The average Bonchev–Trinajstić information content (AvgIpc) is 3.28. The minimum Gasteiger partial charge on any atom is -0.464 e. The largest absolute Gasteiger partial charge is 0.464 e. The SMILES string of the molecule is Cc1cccc2c(C3CCN(CCc4cc5c(s4)CCCC(=O)N5)CC3)coc12. The maximum absolute atomic E-state index is 11.8. The molecule has 29 heavy (non-hydrogen) atoms. The second kappa shape index (κ2) is 7.96. The average molecular weight is 409 g/mol. The van der Waals surface area contributed by atoms with E-state index < -0.39 is 0 Å². The van der Waals surface area contributed by atoms with Crippen molar-refractivity contribution in [2.24, 2.45) is 0 Å². The minimum atomic E-state index is 0.164. The van der Waals surface area contributed by atoms with Gasteiger partial charge in [-0.2, -0.15) is 0 Å². The Kier molecular flexibility index (Phi) is 5.18. The van der Waals surface area contributed by atoms with Crippen LogP contribution in [-0.2, 0) is 17.6 Å². The van der Waals surface area contributed by atoms with Gasteiger partial charge in [-0.1, -0.05) is 18.2 Å². The molecule has 4 heterocycles. The van der Waals surface area contributed by atoms with Crippen molar-refractivity contribution in [1.29, 1.82) is 0 Å². The molecule has 2 aliphatic rings. The third kappa shape index (κ3) is 3.86. The Labute approximate surface area is 175 Å². The van der Waals surface area contributed by atoms with Gasteiger partial charge in [-0.3, -0.25) is 4.79 Å². The maximum Gasteiger partial charge on any atom is 0.224 e. The highest BCUT2D eigenvalue weighted by Gasteiger charge is 2.24. The molecule has 5 rings (SSSR count). The first-order valence-electron chi connectivity index (χ1n) is 10.8. The number of furan rings is 1. The second-order valence-electron chi connectivity index (χ2n) is 8.46. The predicted molar refractivity (Wildman–Crippen MR) is 119 cm³/mol. The molecule has 5 heteroatoms. The number of anilines is 1. The molecule has 3 aromatic rings. The fourth-order valence-corrected chi connectivity index (χ4v) is 5.95. The first-order valence-corrected chi connectivity index (χ1v) is 11.6. The Hall–Kier alpha value is -2.11. The zero-order valence-corrected chi connectivity index (χ0v) is 17.8. The molecular weight excluding hydrogens is 380 g/mol. The van der Waals surface area contributed by atoms with Crippen LogP contribution in [0.4, 0.5) is 5.69 Å². The summed E-state index contributed by atoms with van der Waals surface area (Å²) < 4.78 is 5.88. The number of nitrogens with one attached hydrogen (secondary N) is 1. The quantitative estimate of drug-likeness (QED) is 0.620. The molecule has 0 spiro atoms. The maximum atomic E-state index is 11.8. The predicted octanol–water partition coefficient (Wildman–Crippen LogP) is 5.50. The van der Waals surface area contributed by atoms with Crippen LogP contribution in [-0.4, -0.2) is 30.4 Å². The summed E-state index contributed by atoms with van der Waals surface area (Å²) in [6.07, 6.45) is 8.10. The molecule has 1 aromatic carbocycles. The Morgan fingerprint density at radius 1 is 1.24 bits per heavy atom. The third-order valence-electron chi connectivity index (χ3n) is 6.47. The monoisotopic (exact) mass is 408 g/mol. The first kappa shape index (κ1) is 18.9. The van der Waals surface area contributed by atoms with E-state index in [-0.39, 0.29) is 5.91 Å². The highest BCUT2D eigenvalue weighted by atomic mass is 32.1. The molecule has 0 bridgehead atoms. The summed E-state index contributed by atoms with van der Waals surface area (Å²) in [7, 11) is 0. The van der Waals surface area contributed by atoms with E-state index in [1.807, 2.05) is 17.6 Å². The number of para-hydroxylation sites is 1. The molecular formula is C24H28N2O2S. The molecule has 152 valence electrons. The summed E-state index contributed by atoms with van der Waals surface area (Å²) >= 11 is 1.89. The number of rotatable bonds is 4. The van der Waals surface area contributed by atoms with Gasteiger partial charge in [0.15, 0.2) is 0 Å².